The molecule has 160 valence electrons. The van der Waals surface area contributed by atoms with Gasteiger partial charge in [-0.05, 0) is 53.4 Å². The quantitative estimate of drug-likeness (QED) is 0.706. The van der Waals surface area contributed by atoms with E-state index in [0.717, 1.165) is 9.80 Å². The Labute approximate surface area is 167 Å². The minimum absolute atomic E-state index is 0.415. The lowest BCUT2D eigenvalue weighted by molar-refractivity contribution is -0.163. The number of carbonyl (C=O) groups is 4. The first-order valence-electron chi connectivity index (χ1n) is 9.60. The van der Waals surface area contributed by atoms with Crippen molar-refractivity contribution in [3.63, 3.8) is 0 Å². The molecule has 0 aromatic heterocycles. The van der Waals surface area contributed by atoms with Gasteiger partial charge in [-0.25, -0.2) is 19.4 Å². The monoisotopic (exact) mass is 398 g/mol. The fourth-order valence-corrected chi connectivity index (χ4v) is 2.98. The van der Waals surface area contributed by atoms with Crippen molar-refractivity contribution in [2.24, 2.45) is 11.8 Å². The van der Waals surface area contributed by atoms with E-state index in [-0.39, 0.29) is 0 Å². The van der Waals surface area contributed by atoms with Gasteiger partial charge in [0.2, 0.25) is 0 Å². The van der Waals surface area contributed by atoms with Gasteiger partial charge in [-0.3, -0.25) is 9.59 Å². The molecule has 0 aromatic carbocycles. The van der Waals surface area contributed by atoms with Gasteiger partial charge in [0.05, 0.1) is 0 Å². The SMILES string of the molecule is CC(C)[C@H]1C(=O)N(C(=O)OC(C)(C)C)[C@@H](C(C)C)C(=O)N1C(=O)OC(C)(C)C. The predicted octanol–water partition coefficient (Wildman–Crippen LogP) is 3.58. The summed E-state index contributed by atoms with van der Waals surface area (Å²) in [6.45, 7) is 16.9. The van der Waals surface area contributed by atoms with Gasteiger partial charge in [-0.1, -0.05) is 27.7 Å². The zero-order chi connectivity index (χ0) is 22.2. The van der Waals surface area contributed by atoms with E-state index in [0.29, 0.717) is 0 Å². The first-order valence-corrected chi connectivity index (χ1v) is 9.60. The highest BCUT2D eigenvalue weighted by atomic mass is 16.6. The lowest BCUT2D eigenvalue weighted by atomic mass is 9.91. The van der Waals surface area contributed by atoms with Crippen molar-refractivity contribution in [2.75, 3.05) is 0 Å². The van der Waals surface area contributed by atoms with E-state index in [1.165, 1.54) is 0 Å². The van der Waals surface area contributed by atoms with Crippen molar-refractivity contribution in [1.82, 2.24) is 9.80 Å². The first kappa shape index (κ1) is 23.9. The van der Waals surface area contributed by atoms with Gasteiger partial charge in [0.1, 0.15) is 23.3 Å². The Balaban J connectivity index is 3.44. The molecule has 0 aliphatic carbocycles. The number of hydrogen-bond donors (Lipinski definition) is 0. The molecule has 0 aromatic rings. The summed E-state index contributed by atoms with van der Waals surface area (Å²) in [6, 6.07) is -2.30. The van der Waals surface area contributed by atoms with E-state index in [1.807, 2.05) is 0 Å². The Morgan fingerprint density at radius 1 is 0.714 bits per heavy atom. The molecule has 8 nitrogen and oxygen atoms in total. The molecule has 8 heteroatoms. The molecule has 2 atom stereocenters. The fraction of sp³-hybridized carbons (Fsp3) is 0.800. The summed E-state index contributed by atoms with van der Waals surface area (Å²) in [5, 5.41) is 0. The van der Waals surface area contributed by atoms with Crippen LogP contribution in [0.4, 0.5) is 9.59 Å². The lowest BCUT2D eigenvalue weighted by Gasteiger charge is -2.45. The molecular formula is C20H34N2O6. The highest BCUT2D eigenvalue weighted by molar-refractivity contribution is 6.10. The number of hydrogen-bond acceptors (Lipinski definition) is 6. The minimum atomic E-state index is -1.15. The summed E-state index contributed by atoms with van der Waals surface area (Å²) in [6.07, 6.45) is -1.78. The van der Waals surface area contributed by atoms with Crippen molar-refractivity contribution < 1.29 is 28.7 Å². The molecule has 1 saturated heterocycles. The molecule has 1 rings (SSSR count). The van der Waals surface area contributed by atoms with Crippen LogP contribution in [0.2, 0.25) is 0 Å². The molecule has 0 spiro atoms. The van der Waals surface area contributed by atoms with Crippen LogP contribution < -0.4 is 0 Å². The predicted molar refractivity (Wildman–Crippen MR) is 103 cm³/mol. The average Bonchev–Trinajstić information content (AvgIpc) is 2.43. The zero-order valence-electron chi connectivity index (χ0n) is 18.7. The molecule has 1 fully saturated rings. The highest BCUT2D eigenvalue weighted by Crippen LogP contribution is 2.30. The maximum Gasteiger partial charge on any atom is 0.417 e. The van der Waals surface area contributed by atoms with Crippen LogP contribution in [-0.2, 0) is 19.1 Å². The van der Waals surface area contributed by atoms with Crippen molar-refractivity contribution in [3.8, 4) is 0 Å². The van der Waals surface area contributed by atoms with Crippen LogP contribution in [0.5, 0.6) is 0 Å². The Morgan fingerprint density at radius 2 is 0.964 bits per heavy atom. The van der Waals surface area contributed by atoms with Crippen LogP contribution in [0.1, 0.15) is 69.2 Å². The summed E-state index contributed by atoms with van der Waals surface area (Å²) < 4.78 is 10.7. The number of carbonyl (C=O) groups excluding carboxylic acids is 4. The molecule has 0 unspecified atom stereocenters. The maximum absolute atomic E-state index is 13.3. The number of nitrogens with zero attached hydrogens (tertiary/aromatic N) is 2. The Kier molecular flexibility index (Phi) is 6.91. The third-order valence-corrected chi connectivity index (χ3v) is 3.98. The van der Waals surface area contributed by atoms with Crippen molar-refractivity contribution in [2.45, 2.75) is 92.5 Å². The number of piperazine rings is 1. The highest BCUT2D eigenvalue weighted by Gasteiger charge is 2.54. The molecule has 1 aliphatic heterocycles. The second kappa shape index (κ2) is 8.09. The van der Waals surface area contributed by atoms with Crippen LogP contribution >= 0.6 is 0 Å². The Bertz CT molecular complexity index is 586. The van der Waals surface area contributed by atoms with Crippen molar-refractivity contribution in [3.05, 3.63) is 0 Å². The van der Waals surface area contributed by atoms with Crippen LogP contribution in [0.25, 0.3) is 0 Å². The summed E-state index contributed by atoms with van der Waals surface area (Å²) >= 11 is 0. The standard InChI is InChI=1S/C20H34N2O6/c1-11(2)13-15(23)22(18(26)28-20(8,9)10)14(12(3)4)16(24)21(13)17(25)27-19(5,6)7/h11-14H,1-10H3/t13-,14-/m0/s1. The number of amides is 4. The molecular weight excluding hydrogens is 364 g/mol. The van der Waals surface area contributed by atoms with E-state index >= 15 is 0 Å². The van der Waals surface area contributed by atoms with E-state index in [4.69, 9.17) is 9.47 Å². The normalized spacial score (nSPS) is 21.4. The fourth-order valence-electron chi connectivity index (χ4n) is 2.98. The Morgan fingerprint density at radius 3 is 1.14 bits per heavy atom. The second-order valence-corrected chi connectivity index (χ2v) is 9.75. The maximum atomic E-state index is 13.3. The second-order valence-electron chi connectivity index (χ2n) is 9.75. The lowest BCUT2D eigenvalue weighted by Crippen LogP contribution is -2.70. The van der Waals surface area contributed by atoms with Gasteiger partial charge in [0.25, 0.3) is 11.8 Å². The van der Waals surface area contributed by atoms with Crippen molar-refractivity contribution in [1.29, 1.82) is 0 Å². The number of imide groups is 2. The molecule has 0 saturated carbocycles. The number of ether oxygens (including phenoxy) is 2. The Hall–Kier alpha value is -2.12. The molecule has 1 aliphatic rings. The molecule has 28 heavy (non-hydrogen) atoms. The first-order chi connectivity index (χ1) is 12.5. The number of rotatable bonds is 2. The zero-order valence-corrected chi connectivity index (χ0v) is 18.7. The molecule has 0 bridgehead atoms. The van der Waals surface area contributed by atoms with Gasteiger partial charge >= 0.3 is 12.2 Å². The summed E-state index contributed by atoms with van der Waals surface area (Å²) in [5.41, 5.74) is -1.67. The van der Waals surface area contributed by atoms with E-state index in [1.54, 1.807) is 69.2 Å². The van der Waals surface area contributed by atoms with E-state index in [9.17, 15) is 19.2 Å². The molecule has 4 amide bonds. The molecule has 0 N–H and O–H groups in total. The minimum Gasteiger partial charge on any atom is -0.443 e. The van der Waals surface area contributed by atoms with Gasteiger partial charge in [-0.2, -0.15) is 0 Å². The van der Waals surface area contributed by atoms with Gasteiger partial charge in [0.15, 0.2) is 0 Å². The third kappa shape index (κ3) is 5.45. The van der Waals surface area contributed by atoms with Crippen LogP contribution in [-0.4, -0.2) is 57.1 Å². The van der Waals surface area contributed by atoms with Crippen molar-refractivity contribution >= 4 is 24.0 Å². The van der Waals surface area contributed by atoms with Crippen LogP contribution in [0.15, 0.2) is 0 Å². The molecule has 1 heterocycles. The smallest absolute Gasteiger partial charge is 0.417 e. The summed E-state index contributed by atoms with van der Waals surface area (Å²) in [7, 11) is 0. The van der Waals surface area contributed by atoms with E-state index < -0.39 is 59.1 Å². The topological polar surface area (TPSA) is 93.2 Å². The van der Waals surface area contributed by atoms with Gasteiger partial charge < -0.3 is 9.47 Å². The van der Waals surface area contributed by atoms with Gasteiger partial charge in [0, 0.05) is 0 Å². The molecule has 0 radical (unpaired) electrons. The summed E-state index contributed by atoms with van der Waals surface area (Å²) in [4.78, 5) is 53.8. The average molecular weight is 399 g/mol. The largest absolute Gasteiger partial charge is 0.443 e. The van der Waals surface area contributed by atoms with E-state index in [2.05, 4.69) is 0 Å². The third-order valence-electron chi connectivity index (χ3n) is 3.98. The summed E-state index contributed by atoms with van der Waals surface area (Å²) in [5.74, 6) is -2.12. The van der Waals surface area contributed by atoms with Gasteiger partial charge in [-0.15, -0.1) is 0 Å². The van der Waals surface area contributed by atoms with Crippen LogP contribution in [0, 0.1) is 11.8 Å². The van der Waals surface area contributed by atoms with Crippen LogP contribution in [0.3, 0.4) is 0 Å².